The Morgan fingerprint density at radius 1 is 1.67 bits per heavy atom. The van der Waals surface area contributed by atoms with Crippen LogP contribution in [0.5, 0.6) is 0 Å². The summed E-state index contributed by atoms with van der Waals surface area (Å²) >= 11 is 0. The van der Waals surface area contributed by atoms with Gasteiger partial charge in [0, 0.05) is 25.2 Å². The minimum absolute atomic E-state index is 0.369. The van der Waals surface area contributed by atoms with Crippen LogP contribution in [0.1, 0.15) is 19.8 Å². The molecule has 4 atom stereocenters. The number of aliphatic carboxylic acids is 1. The Bertz CT molecular complexity index is 444. The van der Waals surface area contributed by atoms with Gasteiger partial charge in [0.2, 0.25) is 0 Å². The molecule has 3 rings (SSSR count). The summed E-state index contributed by atoms with van der Waals surface area (Å²) < 4.78 is 0. The molecule has 0 aromatic carbocycles. The summed E-state index contributed by atoms with van der Waals surface area (Å²) in [6, 6.07) is -0.373. The summed E-state index contributed by atoms with van der Waals surface area (Å²) in [6.07, 6.45) is 6.37. The van der Waals surface area contributed by atoms with Gasteiger partial charge in [-0.2, -0.15) is 0 Å². The van der Waals surface area contributed by atoms with E-state index in [9.17, 15) is 9.90 Å². The molecule has 5 heteroatoms. The first kappa shape index (κ1) is 11.7. The van der Waals surface area contributed by atoms with Crippen molar-refractivity contribution in [1.29, 1.82) is 0 Å². The lowest BCUT2D eigenvalue weighted by Gasteiger charge is -2.46. The van der Waals surface area contributed by atoms with Crippen molar-refractivity contribution >= 4 is 5.97 Å². The van der Waals surface area contributed by atoms with Gasteiger partial charge in [0.05, 0.1) is 6.17 Å². The molecule has 2 N–H and O–H groups in total. The molecule has 2 unspecified atom stereocenters. The fraction of sp³-hybridized carbons (Fsp3) is 0.615. The molecule has 0 aromatic rings. The van der Waals surface area contributed by atoms with E-state index in [0.717, 1.165) is 13.0 Å². The van der Waals surface area contributed by atoms with Gasteiger partial charge in [-0.05, 0) is 18.4 Å². The van der Waals surface area contributed by atoms with Crippen LogP contribution in [0.15, 0.2) is 23.4 Å². The number of hydrogen-bond acceptors (Lipinski definition) is 4. The Morgan fingerprint density at radius 2 is 2.39 bits per heavy atom. The molecule has 5 nitrogen and oxygen atoms in total. The summed E-state index contributed by atoms with van der Waals surface area (Å²) in [5.41, 5.74) is 5.84. The maximum absolute atomic E-state index is 11.3. The molecule has 18 heavy (non-hydrogen) atoms. The van der Waals surface area contributed by atoms with E-state index in [2.05, 4.69) is 27.5 Å². The third-order valence-corrected chi connectivity index (χ3v) is 4.15. The second-order valence-electron chi connectivity index (χ2n) is 5.23. The van der Waals surface area contributed by atoms with E-state index in [-0.39, 0.29) is 6.04 Å². The van der Waals surface area contributed by atoms with Crippen LogP contribution < -0.4 is 5.43 Å². The van der Waals surface area contributed by atoms with E-state index in [1.54, 1.807) is 0 Å². The Kier molecular flexibility index (Phi) is 2.68. The number of hydrazine groups is 1. The molecule has 0 saturated carbocycles. The predicted molar refractivity (Wildman–Crippen MR) is 67.4 cm³/mol. The van der Waals surface area contributed by atoms with Crippen molar-refractivity contribution < 1.29 is 9.90 Å². The number of rotatable bonds is 4. The van der Waals surface area contributed by atoms with Crippen molar-refractivity contribution in [2.45, 2.75) is 32.0 Å². The number of carbonyl (C=O) groups is 1. The average molecular weight is 249 g/mol. The molecule has 0 spiro atoms. The van der Waals surface area contributed by atoms with E-state index in [1.165, 1.54) is 11.3 Å². The van der Waals surface area contributed by atoms with E-state index in [1.807, 2.05) is 14.0 Å². The van der Waals surface area contributed by atoms with Crippen LogP contribution in [0.3, 0.4) is 0 Å². The Hall–Kier alpha value is -1.33. The second-order valence-corrected chi connectivity index (χ2v) is 5.23. The van der Waals surface area contributed by atoms with Gasteiger partial charge in [-0.25, -0.2) is 15.2 Å². The first-order valence-electron chi connectivity index (χ1n) is 6.51. The van der Waals surface area contributed by atoms with Crippen molar-refractivity contribution in [2.75, 3.05) is 13.6 Å². The van der Waals surface area contributed by atoms with Crippen molar-refractivity contribution in [3.63, 3.8) is 0 Å². The molecule has 0 bridgehead atoms. The van der Waals surface area contributed by atoms with Crippen molar-refractivity contribution in [2.24, 2.45) is 5.92 Å². The number of carboxylic acid groups (broad SMARTS) is 1. The summed E-state index contributed by atoms with van der Waals surface area (Å²) in [4.78, 5) is 13.4. The van der Waals surface area contributed by atoms with Gasteiger partial charge in [0.25, 0.3) is 0 Å². The highest BCUT2D eigenvalue weighted by Crippen LogP contribution is 2.42. The molecule has 98 valence electrons. The van der Waals surface area contributed by atoms with Gasteiger partial charge in [-0.1, -0.05) is 19.1 Å². The first-order valence-corrected chi connectivity index (χ1v) is 6.51. The van der Waals surface area contributed by atoms with Crippen molar-refractivity contribution in [1.82, 2.24) is 15.3 Å². The summed E-state index contributed by atoms with van der Waals surface area (Å²) in [6.45, 7) is 2.72. The highest BCUT2D eigenvalue weighted by molar-refractivity contribution is 5.74. The number of carboxylic acids is 1. The molecular formula is C13H19N3O2. The van der Waals surface area contributed by atoms with Gasteiger partial charge >= 0.3 is 5.97 Å². The van der Waals surface area contributed by atoms with Gasteiger partial charge in [0.15, 0.2) is 0 Å². The average Bonchev–Trinajstić information content (AvgIpc) is 3.02. The highest BCUT2D eigenvalue weighted by Gasteiger charge is 2.46. The van der Waals surface area contributed by atoms with Crippen LogP contribution in [-0.4, -0.2) is 46.8 Å². The quantitative estimate of drug-likeness (QED) is 0.721. The van der Waals surface area contributed by atoms with Gasteiger partial charge in [-0.15, -0.1) is 0 Å². The van der Waals surface area contributed by atoms with Crippen molar-refractivity contribution in [3.8, 4) is 0 Å². The Labute approximate surface area is 107 Å². The zero-order valence-corrected chi connectivity index (χ0v) is 10.8. The summed E-state index contributed by atoms with van der Waals surface area (Å²) in [5.74, 6) is -0.313. The standard InChI is InChI=1S/C13H19N3O2/c1-3-10(13(17)18)16-7-8-5-4-6-9(11(8)16)12-14-15(12)2/h4-5,9-10,12,14H,3,6-7H2,1-2H3,(H,17,18)/t9-,10?,12+,15?/m0/s1. The molecule has 3 aliphatic rings. The van der Waals surface area contributed by atoms with E-state index in [0.29, 0.717) is 18.5 Å². The Balaban J connectivity index is 1.82. The highest BCUT2D eigenvalue weighted by atomic mass is 16.4. The lowest BCUT2D eigenvalue weighted by molar-refractivity contribution is -0.143. The van der Waals surface area contributed by atoms with Crippen LogP contribution in [0.25, 0.3) is 0 Å². The third kappa shape index (κ3) is 1.66. The van der Waals surface area contributed by atoms with Crippen LogP contribution in [0.2, 0.25) is 0 Å². The van der Waals surface area contributed by atoms with Crippen LogP contribution in [0.4, 0.5) is 0 Å². The largest absolute Gasteiger partial charge is 0.480 e. The van der Waals surface area contributed by atoms with E-state index in [4.69, 9.17) is 0 Å². The second kappa shape index (κ2) is 4.10. The van der Waals surface area contributed by atoms with E-state index >= 15 is 0 Å². The molecule has 0 aromatic heterocycles. The van der Waals surface area contributed by atoms with Crippen LogP contribution in [0, 0.1) is 5.92 Å². The molecule has 0 amide bonds. The number of allylic oxidation sites excluding steroid dienone is 1. The van der Waals surface area contributed by atoms with E-state index < -0.39 is 5.97 Å². The molecule has 2 aliphatic heterocycles. The lowest BCUT2D eigenvalue weighted by Crippen LogP contribution is -2.51. The molecule has 2 heterocycles. The normalized spacial score (nSPS) is 35.0. The molecule has 0 radical (unpaired) electrons. The van der Waals surface area contributed by atoms with Gasteiger partial charge < -0.3 is 10.0 Å². The monoisotopic (exact) mass is 249 g/mol. The SMILES string of the molecule is CCC(C(=O)O)N1CC2=C1[C@@H]([C@@H]1NN1C)CC=C2. The summed E-state index contributed by atoms with van der Waals surface area (Å²) in [7, 11) is 2.03. The van der Waals surface area contributed by atoms with Crippen LogP contribution in [-0.2, 0) is 4.79 Å². The maximum atomic E-state index is 11.3. The fourth-order valence-electron chi connectivity index (χ4n) is 3.12. The number of hydrogen-bond donors (Lipinski definition) is 2. The Morgan fingerprint density at radius 3 is 2.94 bits per heavy atom. The number of nitrogens with one attached hydrogen (secondary N) is 1. The van der Waals surface area contributed by atoms with Gasteiger partial charge in [-0.3, -0.25) is 0 Å². The minimum Gasteiger partial charge on any atom is -0.480 e. The molecule has 1 fully saturated rings. The van der Waals surface area contributed by atoms with Crippen molar-refractivity contribution in [3.05, 3.63) is 23.4 Å². The summed E-state index contributed by atoms with van der Waals surface area (Å²) in [5, 5.41) is 11.4. The fourth-order valence-corrected chi connectivity index (χ4v) is 3.12. The van der Waals surface area contributed by atoms with Gasteiger partial charge in [0.1, 0.15) is 6.04 Å². The molecular weight excluding hydrogens is 230 g/mol. The zero-order valence-electron chi connectivity index (χ0n) is 10.8. The third-order valence-electron chi connectivity index (χ3n) is 4.15. The molecule has 1 aliphatic carbocycles. The number of nitrogens with zero attached hydrogens (tertiary/aromatic N) is 2. The maximum Gasteiger partial charge on any atom is 0.326 e. The first-order chi connectivity index (χ1) is 8.63. The predicted octanol–water partition coefficient (Wildman–Crippen LogP) is 0.771. The lowest BCUT2D eigenvalue weighted by atomic mass is 9.83. The smallest absolute Gasteiger partial charge is 0.326 e. The minimum atomic E-state index is -0.713. The van der Waals surface area contributed by atoms with Crippen LogP contribution >= 0.6 is 0 Å². The topological polar surface area (TPSA) is 65.5 Å². The zero-order chi connectivity index (χ0) is 12.9. The molecule has 1 saturated heterocycles.